The van der Waals surface area contributed by atoms with Crippen molar-refractivity contribution in [2.24, 2.45) is 10.2 Å². The normalized spacial score (nSPS) is 11.8. The predicted octanol–water partition coefficient (Wildman–Crippen LogP) is 4.10. The summed E-state index contributed by atoms with van der Waals surface area (Å²) in [5.74, 6) is 0.713. The van der Waals surface area contributed by atoms with Crippen LogP contribution in [-0.2, 0) is 10.1 Å². The van der Waals surface area contributed by atoms with E-state index < -0.39 is 10.1 Å². The number of hydrogen-bond donors (Lipinski definition) is 2. The molecule has 3 aromatic carbocycles. The maximum absolute atomic E-state index is 11.9. The van der Waals surface area contributed by atoms with Crippen LogP contribution in [0.25, 0.3) is 10.8 Å². The highest BCUT2D eigenvalue weighted by atomic mass is 32.2. The molecule has 140 valence electrons. The summed E-state index contributed by atoms with van der Waals surface area (Å²) < 4.78 is 44.0. The summed E-state index contributed by atoms with van der Waals surface area (Å²) in [7, 11) is -1.63. The van der Waals surface area contributed by atoms with Gasteiger partial charge >= 0.3 is 0 Å². The predicted molar refractivity (Wildman–Crippen MR) is 102 cm³/mol. The van der Waals surface area contributed by atoms with E-state index in [4.69, 9.17) is 15.2 Å². The van der Waals surface area contributed by atoms with Gasteiger partial charge in [-0.1, -0.05) is 30.3 Å². The van der Waals surface area contributed by atoms with Crippen LogP contribution in [0.15, 0.2) is 63.7 Å². The molecule has 0 radical (unpaired) electrons. The van der Waals surface area contributed by atoms with Crippen molar-refractivity contribution in [2.45, 2.75) is 4.90 Å². The maximum Gasteiger partial charge on any atom is 0.297 e. The Balaban J connectivity index is 2.18. The lowest BCUT2D eigenvalue weighted by Gasteiger charge is -2.10. The molecule has 27 heavy (non-hydrogen) atoms. The Kier molecular flexibility index (Phi) is 4.98. The molecule has 0 unspecified atom stereocenters. The van der Waals surface area contributed by atoms with Crippen LogP contribution < -0.4 is 15.2 Å². The molecule has 0 saturated heterocycles. The molecule has 0 amide bonds. The van der Waals surface area contributed by atoms with Crippen LogP contribution in [0.4, 0.5) is 17.1 Å². The third-order valence-corrected chi connectivity index (χ3v) is 4.86. The Bertz CT molecular complexity index is 1140. The lowest BCUT2D eigenvalue weighted by atomic mass is 10.1. The summed E-state index contributed by atoms with van der Waals surface area (Å²) in [5, 5.41) is 9.08. The lowest BCUT2D eigenvalue weighted by Crippen LogP contribution is -1.99. The van der Waals surface area contributed by atoms with Crippen molar-refractivity contribution < 1.29 is 22.4 Å². The Hall–Kier alpha value is -3.17. The van der Waals surface area contributed by atoms with Crippen molar-refractivity contribution in [1.82, 2.24) is 0 Å². The number of ether oxygens (including phenoxy) is 2. The van der Waals surface area contributed by atoms with Gasteiger partial charge in [0.15, 0.2) is 0 Å². The molecular weight excluding hydrogens is 370 g/mol. The van der Waals surface area contributed by atoms with Crippen molar-refractivity contribution in [1.29, 1.82) is 0 Å². The summed E-state index contributed by atoms with van der Waals surface area (Å²) in [6.07, 6.45) is 0. The quantitative estimate of drug-likeness (QED) is 0.386. The highest BCUT2D eigenvalue weighted by Gasteiger charge is 2.19. The third-order valence-electron chi connectivity index (χ3n) is 3.91. The smallest absolute Gasteiger partial charge is 0.297 e. The highest BCUT2D eigenvalue weighted by Crippen LogP contribution is 2.39. The van der Waals surface area contributed by atoms with Gasteiger partial charge in [-0.2, -0.15) is 8.42 Å². The molecule has 3 rings (SSSR count). The molecule has 0 heterocycles. The fraction of sp³-hybridized carbons (Fsp3) is 0.111. The first-order valence-electron chi connectivity index (χ1n) is 7.77. The maximum atomic E-state index is 11.9. The van der Waals surface area contributed by atoms with Crippen LogP contribution in [0.5, 0.6) is 11.5 Å². The summed E-state index contributed by atoms with van der Waals surface area (Å²) in [5.41, 5.74) is 6.48. The number of rotatable bonds is 5. The van der Waals surface area contributed by atoms with Gasteiger partial charge in [0.1, 0.15) is 27.8 Å². The van der Waals surface area contributed by atoms with E-state index in [1.54, 1.807) is 30.3 Å². The summed E-state index contributed by atoms with van der Waals surface area (Å²) in [6, 6.07) is 13.0. The minimum atomic E-state index is -4.53. The van der Waals surface area contributed by atoms with Gasteiger partial charge < -0.3 is 15.2 Å². The first kappa shape index (κ1) is 18.6. The van der Waals surface area contributed by atoms with Crippen molar-refractivity contribution in [3.05, 3.63) is 48.5 Å². The molecule has 0 aliphatic rings. The molecule has 8 nitrogen and oxygen atoms in total. The second-order valence-corrected chi connectivity index (χ2v) is 6.93. The first-order valence-corrected chi connectivity index (χ1v) is 9.21. The van der Waals surface area contributed by atoms with Gasteiger partial charge in [-0.05, 0) is 11.5 Å². The van der Waals surface area contributed by atoms with Crippen LogP contribution in [0.2, 0.25) is 0 Å². The van der Waals surface area contributed by atoms with Gasteiger partial charge in [0, 0.05) is 17.5 Å². The fourth-order valence-electron chi connectivity index (χ4n) is 2.67. The van der Waals surface area contributed by atoms with E-state index in [1.807, 2.05) is 0 Å². The molecule has 0 fully saturated rings. The van der Waals surface area contributed by atoms with E-state index >= 15 is 0 Å². The highest BCUT2D eigenvalue weighted by molar-refractivity contribution is 7.86. The number of azo groups is 1. The average Bonchev–Trinajstić information content (AvgIpc) is 2.65. The molecule has 9 heteroatoms. The molecule has 0 spiro atoms. The number of nitrogen functional groups attached to an aromatic ring is 1. The lowest BCUT2D eigenvalue weighted by molar-refractivity contribution is 0.406. The molecule has 0 bridgehead atoms. The number of anilines is 1. The van der Waals surface area contributed by atoms with Crippen molar-refractivity contribution in [3.8, 4) is 11.5 Å². The number of hydrogen-bond acceptors (Lipinski definition) is 7. The Morgan fingerprint density at radius 2 is 1.59 bits per heavy atom. The van der Waals surface area contributed by atoms with E-state index in [-0.39, 0.29) is 16.3 Å². The SMILES string of the molecule is COc1cc(N=Nc2ccc3ccccc3c2S(=O)(=O)O)c(OC)cc1N. The first-order chi connectivity index (χ1) is 12.8. The third kappa shape index (κ3) is 3.69. The molecule has 0 aliphatic heterocycles. The van der Waals surface area contributed by atoms with Gasteiger partial charge in [0.2, 0.25) is 0 Å². The van der Waals surface area contributed by atoms with Gasteiger partial charge in [0.25, 0.3) is 10.1 Å². The fourth-order valence-corrected chi connectivity index (χ4v) is 3.51. The van der Waals surface area contributed by atoms with E-state index in [9.17, 15) is 13.0 Å². The van der Waals surface area contributed by atoms with Gasteiger partial charge in [0.05, 0.1) is 19.9 Å². The Morgan fingerprint density at radius 1 is 0.926 bits per heavy atom. The summed E-state index contributed by atoms with van der Waals surface area (Å²) in [6.45, 7) is 0. The molecule has 0 aliphatic carbocycles. The van der Waals surface area contributed by atoms with Crippen LogP contribution in [0, 0.1) is 0 Å². The monoisotopic (exact) mass is 387 g/mol. The van der Waals surface area contributed by atoms with E-state index in [0.29, 0.717) is 28.0 Å². The van der Waals surface area contributed by atoms with Crippen molar-refractivity contribution in [2.75, 3.05) is 20.0 Å². The number of nitrogens with zero attached hydrogens (tertiary/aromatic N) is 2. The molecule has 3 aromatic rings. The Morgan fingerprint density at radius 3 is 2.26 bits per heavy atom. The minimum absolute atomic E-state index is 0.00551. The van der Waals surface area contributed by atoms with Crippen molar-refractivity contribution in [3.63, 3.8) is 0 Å². The molecule has 0 atom stereocenters. The van der Waals surface area contributed by atoms with Gasteiger partial charge in [-0.15, -0.1) is 10.2 Å². The summed E-state index contributed by atoms with van der Waals surface area (Å²) >= 11 is 0. The topological polar surface area (TPSA) is 124 Å². The number of benzene rings is 3. The largest absolute Gasteiger partial charge is 0.495 e. The average molecular weight is 387 g/mol. The van der Waals surface area contributed by atoms with E-state index in [2.05, 4.69) is 10.2 Å². The van der Waals surface area contributed by atoms with Gasteiger partial charge in [-0.25, -0.2) is 0 Å². The van der Waals surface area contributed by atoms with Crippen molar-refractivity contribution >= 4 is 38.0 Å². The van der Waals surface area contributed by atoms with Gasteiger partial charge in [-0.3, -0.25) is 4.55 Å². The standard InChI is InChI=1S/C18H17N3O5S/c1-25-16-10-15(17(26-2)9-13(16)19)21-20-14-8-7-11-5-3-4-6-12(11)18(14)27(22,23)24/h3-10H,19H2,1-2H3,(H,22,23,24). The second kappa shape index (κ2) is 7.22. The zero-order valence-electron chi connectivity index (χ0n) is 14.6. The van der Waals surface area contributed by atoms with Crippen LogP contribution in [0.3, 0.4) is 0 Å². The van der Waals surface area contributed by atoms with E-state index in [0.717, 1.165) is 0 Å². The van der Waals surface area contributed by atoms with E-state index in [1.165, 1.54) is 32.4 Å². The minimum Gasteiger partial charge on any atom is -0.495 e. The van der Waals surface area contributed by atoms with Crippen LogP contribution in [-0.4, -0.2) is 27.2 Å². The Labute approximate surface area is 156 Å². The molecule has 0 aromatic heterocycles. The molecule has 3 N–H and O–H groups in total. The number of fused-ring (bicyclic) bond motifs is 1. The summed E-state index contributed by atoms with van der Waals surface area (Å²) in [4.78, 5) is -0.314. The molecule has 0 saturated carbocycles. The van der Waals surface area contributed by atoms with Crippen LogP contribution >= 0.6 is 0 Å². The van der Waals surface area contributed by atoms with Crippen LogP contribution in [0.1, 0.15) is 0 Å². The number of nitrogens with two attached hydrogens (primary N) is 1. The zero-order chi connectivity index (χ0) is 19.6. The second-order valence-electron chi connectivity index (χ2n) is 5.58. The molecular formula is C18H17N3O5S. The number of methoxy groups -OCH3 is 2. The zero-order valence-corrected chi connectivity index (χ0v) is 15.4.